The number of aliphatic hydroxyl groups is 1. The van der Waals surface area contributed by atoms with Gasteiger partial charge in [-0.3, -0.25) is 9.78 Å². The lowest BCUT2D eigenvalue weighted by atomic mass is 10.1. The average molecular weight is 387 g/mol. The van der Waals surface area contributed by atoms with E-state index in [9.17, 15) is 9.90 Å². The molecule has 0 spiro atoms. The molecule has 0 saturated carbocycles. The Balaban J connectivity index is 1.91. The van der Waals surface area contributed by atoms with Gasteiger partial charge in [-0.1, -0.05) is 6.07 Å². The summed E-state index contributed by atoms with van der Waals surface area (Å²) in [5.41, 5.74) is 1.89. The maximum atomic E-state index is 12.5. The van der Waals surface area contributed by atoms with Crippen LogP contribution in [0.15, 0.2) is 36.0 Å². The molecule has 2 atom stereocenters. The highest BCUT2D eigenvalue weighted by Crippen LogP contribution is 2.25. The van der Waals surface area contributed by atoms with Crippen LogP contribution in [0.2, 0.25) is 0 Å². The van der Waals surface area contributed by atoms with Gasteiger partial charge in [-0.25, -0.2) is 9.97 Å². The van der Waals surface area contributed by atoms with E-state index in [1.54, 1.807) is 26.4 Å². The number of anilines is 1. The number of aromatic nitrogens is 3. The third-order valence-corrected chi connectivity index (χ3v) is 4.71. The minimum atomic E-state index is -0.635. The van der Waals surface area contributed by atoms with Crippen molar-refractivity contribution in [2.45, 2.75) is 19.1 Å². The number of nitrogens with one attached hydrogen (secondary N) is 2. The van der Waals surface area contributed by atoms with Crippen molar-refractivity contribution in [1.29, 1.82) is 0 Å². The molecule has 3 rings (SSSR count). The number of rotatable bonds is 8. The number of thiophene rings is 1. The van der Waals surface area contributed by atoms with Gasteiger partial charge in [-0.2, -0.15) is 0 Å². The van der Waals surface area contributed by atoms with Crippen LogP contribution in [0.25, 0.3) is 10.2 Å². The molecule has 3 N–H and O–H groups in total. The van der Waals surface area contributed by atoms with E-state index in [-0.39, 0.29) is 24.2 Å². The number of carbonyl (C=O) groups excluding carboxylic acids is 1. The van der Waals surface area contributed by atoms with Crippen molar-refractivity contribution in [3.63, 3.8) is 0 Å². The number of hydrogen-bond acceptors (Lipinski definition) is 8. The van der Waals surface area contributed by atoms with Crippen LogP contribution in [0, 0.1) is 0 Å². The Morgan fingerprint density at radius 2 is 2.22 bits per heavy atom. The fourth-order valence-electron chi connectivity index (χ4n) is 2.53. The van der Waals surface area contributed by atoms with Crippen molar-refractivity contribution >= 4 is 33.4 Å². The number of ether oxygens (including phenoxy) is 1. The van der Waals surface area contributed by atoms with Crippen molar-refractivity contribution in [3.05, 3.63) is 47.2 Å². The second-order valence-corrected chi connectivity index (χ2v) is 6.94. The van der Waals surface area contributed by atoms with Gasteiger partial charge in [-0.15, -0.1) is 11.3 Å². The van der Waals surface area contributed by atoms with Gasteiger partial charge in [-0.05, 0) is 30.0 Å². The Morgan fingerprint density at radius 1 is 1.37 bits per heavy atom. The molecule has 0 aliphatic heterocycles. The van der Waals surface area contributed by atoms with Crippen molar-refractivity contribution < 1.29 is 14.6 Å². The van der Waals surface area contributed by atoms with Crippen molar-refractivity contribution in [2.24, 2.45) is 0 Å². The number of amides is 1. The van der Waals surface area contributed by atoms with Gasteiger partial charge in [0, 0.05) is 26.0 Å². The Morgan fingerprint density at radius 3 is 2.93 bits per heavy atom. The molecular formula is C18H21N5O3S. The summed E-state index contributed by atoms with van der Waals surface area (Å²) in [6, 6.07) is 5.40. The smallest absolute Gasteiger partial charge is 0.271 e. The van der Waals surface area contributed by atoms with E-state index in [1.807, 2.05) is 23.6 Å². The number of pyridine rings is 1. The maximum Gasteiger partial charge on any atom is 0.271 e. The van der Waals surface area contributed by atoms with Crippen molar-refractivity contribution in [3.8, 4) is 0 Å². The highest BCUT2D eigenvalue weighted by Gasteiger charge is 2.19. The monoisotopic (exact) mass is 387 g/mol. The Hall–Kier alpha value is -2.62. The lowest BCUT2D eigenvalue weighted by Gasteiger charge is -2.18. The molecule has 3 heterocycles. The van der Waals surface area contributed by atoms with Crippen LogP contribution in [0.5, 0.6) is 0 Å². The van der Waals surface area contributed by atoms with Crippen molar-refractivity contribution in [1.82, 2.24) is 20.3 Å². The topological polar surface area (TPSA) is 109 Å². The first-order valence-corrected chi connectivity index (χ1v) is 9.33. The third kappa shape index (κ3) is 4.76. The maximum absolute atomic E-state index is 12.5. The molecule has 3 aromatic rings. The van der Waals surface area contributed by atoms with Crippen LogP contribution in [0.3, 0.4) is 0 Å². The van der Waals surface area contributed by atoms with Gasteiger partial charge in [0.05, 0.1) is 29.0 Å². The van der Waals surface area contributed by atoms with E-state index in [4.69, 9.17) is 4.74 Å². The number of methoxy groups -OCH3 is 1. The van der Waals surface area contributed by atoms with Crippen LogP contribution >= 0.6 is 11.3 Å². The molecule has 2 unspecified atom stereocenters. The molecule has 0 bridgehead atoms. The fourth-order valence-corrected chi connectivity index (χ4v) is 3.35. The molecule has 8 nitrogen and oxygen atoms in total. The molecule has 9 heteroatoms. The summed E-state index contributed by atoms with van der Waals surface area (Å²) in [7, 11) is 1.61. The first kappa shape index (κ1) is 19.2. The Kier molecular flexibility index (Phi) is 6.28. The molecule has 0 radical (unpaired) electrons. The van der Waals surface area contributed by atoms with E-state index in [0.29, 0.717) is 22.8 Å². The van der Waals surface area contributed by atoms with Crippen LogP contribution < -0.4 is 10.6 Å². The minimum absolute atomic E-state index is 0.153. The molecular weight excluding hydrogens is 366 g/mol. The average Bonchev–Trinajstić information content (AvgIpc) is 3.14. The molecule has 142 valence electrons. The zero-order valence-electron chi connectivity index (χ0n) is 15.0. The van der Waals surface area contributed by atoms with E-state index in [2.05, 4.69) is 25.6 Å². The van der Waals surface area contributed by atoms with Gasteiger partial charge in [0.15, 0.2) is 5.69 Å². The van der Waals surface area contributed by atoms with Crippen LogP contribution in [0.1, 0.15) is 29.0 Å². The summed E-state index contributed by atoms with van der Waals surface area (Å²) in [4.78, 5) is 25.6. The molecule has 1 amide bonds. The zero-order chi connectivity index (χ0) is 19.2. The summed E-state index contributed by atoms with van der Waals surface area (Å²) in [5.74, 6) is -0.0209. The zero-order valence-corrected chi connectivity index (χ0v) is 15.9. The van der Waals surface area contributed by atoms with Crippen molar-refractivity contribution in [2.75, 3.05) is 25.6 Å². The largest absolute Gasteiger partial charge is 0.392 e. The highest BCUT2D eigenvalue weighted by molar-refractivity contribution is 7.17. The number of carbonyl (C=O) groups is 1. The Labute approximate surface area is 160 Å². The van der Waals surface area contributed by atoms with Gasteiger partial charge < -0.3 is 20.5 Å². The summed E-state index contributed by atoms with van der Waals surface area (Å²) >= 11 is 1.40. The van der Waals surface area contributed by atoms with Gasteiger partial charge >= 0.3 is 0 Å². The molecule has 0 saturated heterocycles. The normalized spacial score (nSPS) is 13.3. The number of fused-ring (bicyclic) bond motifs is 1. The number of hydrogen-bond donors (Lipinski definition) is 3. The molecule has 3 aromatic heterocycles. The van der Waals surface area contributed by atoms with E-state index in [0.717, 1.165) is 5.56 Å². The van der Waals surface area contributed by atoms with Gasteiger partial charge in [0.1, 0.15) is 0 Å². The SMILES string of the molecule is COCC(Nc1nc(C(=O)NCC(C)O)c2sccc2n1)c1cccnc1. The number of nitrogens with zero attached hydrogens (tertiary/aromatic N) is 3. The van der Waals surface area contributed by atoms with Crippen LogP contribution in [0.4, 0.5) is 5.95 Å². The summed E-state index contributed by atoms with van der Waals surface area (Å²) < 4.78 is 6.00. The van der Waals surface area contributed by atoms with Gasteiger partial charge in [0.2, 0.25) is 5.95 Å². The Bertz CT molecular complexity index is 900. The minimum Gasteiger partial charge on any atom is -0.392 e. The van der Waals surface area contributed by atoms with E-state index < -0.39 is 6.10 Å². The number of aliphatic hydroxyl groups excluding tert-OH is 1. The predicted octanol–water partition coefficient (Wildman–Crippen LogP) is 2.00. The lowest BCUT2D eigenvalue weighted by molar-refractivity contribution is 0.0921. The molecule has 27 heavy (non-hydrogen) atoms. The molecule has 0 aliphatic rings. The van der Waals surface area contributed by atoms with Crippen LogP contribution in [-0.2, 0) is 4.74 Å². The molecule has 0 aliphatic carbocycles. The van der Waals surface area contributed by atoms with E-state index >= 15 is 0 Å². The van der Waals surface area contributed by atoms with Gasteiger partial charge in [0.25, 0.3) is 5.91 Å². The second-order valence-electron chi connectivity index (χ2n) is 6.03. The predicted molar refractivity (Wildman–Crippen MR) is 104 cm³/mol. The summed E-state index contributed by atoms with van der Waals surface area (Å²) in [5, 5.41) is 17.2. The first-order valence-electron chi connectivity index (χ1n) is 8.45. The third-order valence-electron chi connectivity index (χ3n) is 3.80. The standard InChI is InChI=1S/C18H21N5O3S/c1-11(24)8-20-17(25)15-16-13(5-7-27-16)21-18(23-15)22-14(10-26-2)12-4-3-6-19-9-12/h3-7,9,11,14,24H,8,10H2,1-2H3,(H,20,25)(H,21,22,23). The fraction of sp³-hybridized carbons (Fsp3) is 0.333. The summed E-state index contributed by atoms with van der Waals surface area (Å²) in [6.07, 6.45) is 2.81. The first-order chi connectivity index (χ1) is 13.1. The van der Waals surface area contributed by atoms with E-state index in [1.165, 1.54) is 11.3 Å². The lowest BCUT2D eigenvalue weighted by Crippen LogP contribution is -2.31. The second kappa shape index (κ2) is 8.85. The summed E-state index contributed by atoms with van der Waals surface area (Å²) in [6.45, 7) is 2.15. The quantitative estimate of drug-likeness (QED) is 0.542. The molecule has 0 aromatic carbocycles. The molecule has 0 fully saturated rings. The van der Waals surface area contributed by atoms with Crippen LogP contribution in [-0.4, -0.2) is 52.3 Å². The highest BCUT2D eigenvalue weighted by atomic mass is 32.1.